The van der Waals surface area contributed by atoms with Gasteiger partial charge in [0, 0.05) is 6.04 Å². The zero-order valence-electron chi connectivity index (χ0n) is 12.8. The summed E-state index contributed by atoms with van der Waals surface area (Å²) in [7, 11) is 0. The molecule has 1 amide bonds. The van der Waals surface area contributed by atoms with Gasteiger partial charge in [-0.1, -0.05) is 26.7 Å². The summed E-state index contributed by atoms with van der Waals surface area (Å²) in [5.74, 6) is -0.725. The Kier molecular flexibility index (Phi) is 6.99. The molecule has 20 heavy (non-hydrogen) atoms. The number of ether oxygens (including phenoxy) is 1. The Morgan fingerprint density at radius 3 is 2.55 bits per heavy atom. The number of aliphatic carboxylic acids is 1. The summed E-state index contributed by atoms with van der Waals surface area (Å²) in [4.78, 5) is 24.4. The minimum Gasteiger partial charge on any atom is -0.480 e. The van der Waals surface area contributed by atoms with Crippen LogP contribution < -0.4 is 0 Å². The number of carboxylic acid groups (broad SMARTS) is 1. The van der Waals surface area contributed by atoms with Crippen molar-refractivity contribution in [3.8, 4) is 0 Å². The van der Waals surface area contributed by atoms with Crippen LogP contribution in [0.5, 0.6) is 0 Å². The minimum absolute atomic E-state index is 0.00731. The normalized spacial score (nSPS) is 24.1. The standard InChI is InChI=1S/C15H27NO4/c1-4-12(3)16(9-15(18)19)14(17)10-20-13-8-6-5-7-11(13)2/h11-13H,4-10H2,1-3H3,(H,18,19). The van der Waals surface area contributed by atoms with Gasteiger partial charge < -0.3 is 14.7 Å². The van der Waals surface area contributed by atoms with Crippen molar-refractivity contribution in [2.45, 2.75) is 65.0 Å². The monoisotopic (exact) mass is 285 g/mol. The smallest absolute Gasteiger partial charge is 0.323 e. The molecule has 3 unspecified atom stereocenters. The molecule has 1 aliphatic rings. The molecule has 3 atom stereocenters. The molecule has 0 aromatic rings. The minimum atomic E-state index is -0.982. The average Bonchev–Trinajstić information content (AvgIpc) is 2.42. The van der Waals surface area contributed by atoms with Crippen molar-refractivity contribution < 1.29 is 19.4 Å². The lowest BCUT2D eigenvalue weighted by atomic mass is 9.88. The summed E-state index contributed by atoms with van der Waals surface area (Å²) < 4.78 is 5.73. The molecule has 0 bridgehead atoms. The van der Waals surface area contributed by atoms with Gasteiger partial charge in [-0.05, 0) is 32.1 Å². The molecule has 0 heterocycles. The van der Waals surface area contributed by atoms with Crippen molar-refractivity contribution in [2.24, 2.45) is 5.92 Å². The van der Waals surface area contributed by atoms with Crippen molar-refractivity contribution in [1.82, 2.24) is 4.90 Å². The highest BCUT2D eigenvalue weighted by molar-refractivity contribution is 5.82. The van der Waals surface area contributed by atoms with Crippen LogP contribution in [-0.2, 0) is 14.3 Å². The van der Waals surface area contributed by atoms with Crippen molar-refractivity contribution in [3.63, 3.8) is 0 Å². The molecule has 0 aromatic carbocycles. The van der Waals surface area contributed by atoms with E-state index in [1.807, 2.05) is 13.8 Å². The van der Waals surface area contributed by atoms with E-state index in [1.54, 1.807) is 0 Å². The van der Waals surface area contributed by atoms with Crippen molar-refractivity contribution >= 4 is 11.9 Å². The van der Waals surface area contributed by atoms with Crippen LogP contribution in [0.1, 0.15) is 52.9 Å². The first-order chi connectivity index (χ1) is 9.45. The summed E-state index contributed by atoms with van der Waals surface area (Å²) >= 11 is 0. The number of carboxylic acids is 1. The molecule has 5 nitrogen and oxygen atoms in total. The Balaban J connectivity index is 2.50. The fourth-order valence-corrected chi connectivity index (χ4v) is 2.65. The van der Waals surface area contributed by atoms with Gasteiger partial charge in [-0.3, -0.25) is 9.59 Å². The molecular formula is C15H27NO4. The summed E-state index contributed by atoms with van der Waals surface area (Å²) in [5.41, 5.74) is 0. The second-order valence-corrected chi connectivity index (χ2v) is 5.78. The first kappa shape index (κ1) is 17.0. The Labute approximate surface area is 121 Å². The van der Waals surface area contributed by atoms with E-state index in [1.165, 1.54) is 11.3 Å². The van der Waals surface area contributed by atoms with Crippen LogP contribution in [-0.4, -0.2) is 47.2 Å². The molecule has 0 saturated heterocycles. The van der Waals surface area contributed by atoms with E-state index in [0.717, 1.165) is 25.7 Å². The largest absolute Gasteiger partial charge is 0.480 e. The Bertz CT molecular complexity index is 332. The molecule has 0 aromatic heterocycles. The van der Waals surface area contributed by atoms with Gasteiger partial charge in [0.2, 0.25) is 5.91 Å². The first-order valence-corrected chi connectivity index (χ1v) is 7.58. The summed E-state index contributed by atoms with van der Waals surface area (Å²) in [6.07, 6.45) is 5.38. The van der Waals surface area contributed by atoms with Crippen LogP contribution in [0.15, 0.2) is 0 Å². The van der Waals surface area contributed by atoms with E-state index in [2.05, 4.69) is 6.92 Å². The number of hydrogen-bond acceptors (Lipinski definition) is 3. The van der Waals surface area contributed by atoms with E-state index in [-0.39, 0.29) is 31.2 Å². The van der Waals surface area contributed by atoms with Gasteiger partial charge in [0.05, 0.1) is 6.10 Å². The lowest BCUT2D eigenvalue weighted by Crippen LogP contribution is -2.44. The molecule has 116 valence electrons. The summed E-state index contributed by atoms with van der Waals surface area (Å²) in [6, 6.07) is -0.0778. The molecule has 1 N–H and O–H groups in total. The van der Waals surface area contributed by atoms with Crippen LogP contribution in [0, 0.1) is 5.92 Å². The zero-order valence-corrected chi connectivity index (χ0v) is 12.8. The first-order valence-electron chi connectivity index (χ1n) is 7.58. The predicted octanol–water partition coefficient (Wildman–Crippen LogP) is 2.29. The SMILES string of the molecule is CCC(C)N(CC(=O)O)C(=O)COC1CCCCC1C. The summed E-state index contributed by atoms with van der Waals surface area (Å²) in [5, 5.41) is 8.90. The summed E-state index contributed by atoms with van der Waals surface area (Å²) in [6.45, 7) is 5.70. The highest BCUT2D eigenvalue weighted by Crippen LogP contribution is 2.26. The number of amides is 1. The Morgan fingerprint density at radius 1 is 1.35 bits per heavy atom. The van der Waals surface area contributed by atoms with Crippen LogP contribution in [0.3, 0.4) is 0 Å². The van der Waals surface area contributed by atoms with Crippen molar-refractivity contribution in [3.05, 3.63) is 0 Å². The van der Waals surface area contributed by atoms with Gasteiger partial charge >= 0.3 is 5.97 Å². The highest BCUT2D eigenvalue weighted by Gasteiger charge is 2.26. The van der Waals surface area contributed by atoms with E-state index < -0.39 is 5.97 Å². The molecule has 0 aliphatic heterocycles. The molecule has 1 rings (SSSR count). The number of rotatable bonds is 7. The second kappa shape index (κ2) is 8.25. The maximum Gasteiger partial charge on any atom is 0.323 e. The Hall–Kier alpha value is -1.10. The lowest BCUT2D eigenvalue weighted by molar-refractivity contribution is -0.150. The lowest BCUT2D eigenvalue weighted by Gasteiger charge is -2.31. The molecule has 0 spiro atoms. The van der Waals surface area contributed by atoms with E-state index in [4.69, 9.17) is 9.84 Å². The van der Waals surface area contributed by atoms with Gasteiger partial charge in [0.1, 0.15) is 13.2 Å². The van der Waals surface area contributed by atoms with Crippen LogP contribution >= 0.6 is 0 Å². The Morgan fingerprint density at radius 2 is 2.00 bits per heavy atom. The maximum absolute atomic E-state index is 12.2. The molecule has 0 radical (unpaired) electrons. The molecular weight excluding hydrogens is 258 g/mol. The molecule has 1 fully saturated rings. The third kappa shape index (κ3) is 5.12. The topological polar surface area (TPSA) is 66.8 Å². The molecule has 1 saturated carbocycles. The zero-order chi connectivity index (χ0) is 15.1. The van der Waals surface area contributed by atoms with Crippen molar-refractivity contribution in [1.29, 1.82) is 0 Å². The van der Waals surface area contributed by atoms with Crippen LogP contribution in [0.25, 0.3) is 0 Å². The third-order valence-electron chi connectivity index (χ3n) is 4.20. The fraction of sp³-hybridized carbons (Fsp3) is 0.867. The number of carbonyl (C=O) groups excluding carboxylic acids is 1. The van der Waals surface area contributed by atoms with Gasteiger partial charge in [0.15, 0.2) is 0 Å². The predicted molar refractivity (Wildman–Crippen MR) is 76.5 cm³/mol. The van der Waals surface area contributed by atoms with Crippen LogP contribution in [0.4, 0.5) is 0 Å². The van der Waals surface area contributed by atoms with Gasteiger partial charge in [-0.15, -0.1) is 0 Å². The molecule has 1 aliphatic carbocycles. The van der Waals surface area contributed by atoms with E-state index >= 15 is 0 Å². The van der Waals surface area contributed by atoms with E-state index in [9.17, 15) is 9.59 Å². The number of carbonyl (C=O) groups is 2. The molecule has 5 heteroatoms. The van der Waals surface area contributed by atoms with E-state index in [0.29, 0.717) is 5.92 Å². The number of hydrogen-bond donors (Lipinski definition) is 1. The second-order valence-electron chi connectivity index (χ2n) is 5.78. The van der Waals surface area contributed by atoms with Gasteiger partial charge in [-0.2, -0.15) is 0 Å². The van der Waals surface area contributed by atoms with Crippen LogP contribution in [0.2, 0.25) is 0 Å². The third-order valence-corrected chi connectivity index (χ3v) is 4.20. The highest BCUT2D eigenvalue weighted by atomic mass is 16.5. The maximum atomic E-state index is 12.2. The quantitative estimate of drug-likeness (QED) is 0.779. The van der Waals surface area contributed by atoms with Gasteiger partial charge in [0.25, 0.3) is 0 Å². The van der Waals surface area contributed by atoms with Crippen molar-refractivity contribution in [2.75, 3.05) is 13.2 Å². The fourth-order valence-electron chi connectivity index (χ4n) is 2.65. The number of nitrogens with zero attached hydrogens (tertiary/aromatic N) is 1. The van der Waals surface area contributed by atoms with Gasteiger partial charge in [-0.25, -0.2) is 0 Å². The average molecular weight is 285 g/mol.